The van der Waals surface area contributed by atoms with E-state index in [9.17, 15) is 13.2 Å². The lowest BCUT2D eigenvalue weighted by molar-refractivity contribution is -0.116. The molecule has 0 atom stereocenters. The molecule has 31 heavy (non-hydrogen) atoms. The average Bonchev–Trinajstić information content (AvgIpc) is 2.75. The zero-order valence-corrected chi connectivity index (χ0v) is 19.7. The lowest BCUT2D eigenvalue weighted by Crippen LogP contribution is -2.37. The maximum atomic E-state index is 13.3. The van der Waals surface area contributed by atoms with Crippen molar-refractivity contribution >= 4 is 56.6 Å². The molecule has 1 amide bonds. The number of sulfonamides is 1. The minimum absolute atomic E-state index is 0.0143. The summed E-state index contributed by atoms with van der Waals surface area (Å²) in [6.07, 6.45) is 1.94. The van der Waals surface area contributed by atoms with E-state index in [1.165, 1.54) is 24.3 Å². The van der Waals surface area contributed by atoms with Crippen LogP contribution in [0.25, 0.3) is 0 Å². The largest absolute Gasteiger partial charge is 0.325 e. The molecule has 0 saturated carbocycles. The monoisotopic (exact) mass is 494 g/mol. The van der Waals surface area contributed by atoms with E-state index in [1.807, 2.05) is 24.5 Å². The van der Waals surface area contributed by atoms with Gasteiger partial charge in [0.2, 0.25) is 15.9 Å². The van der Waals surface area contributed by atoms with Crippen molar-refractivity contribution in [2.75, 3.05) is 18.1 Å². The number of nitrogens with zero attached hydrogens (tertiary/aromatic N) is 1. The number of benzene rings is 3. The molecule has 3 aromatic rings. The van der Waals surface area contributed by atoms with Crippen LogP contribution < -0.4 is 5.32 Å². The first-order chi connectivity index (χ1) is 14.8. The maximum absolute atomic E-state index is 13.3. The normalized spacial score (nSPS) is 11.5. The fraction of sp³-hybridized carbons (Fsp3) is 0.136. The van der Waals surface area contributed by atoms with Crippen LogP contribution in [0.4, 0.5) is 5.69 Å². The molecule has 3 rings (SSSR count). The van der Waals surface area contributed by atoms with Crippen molar-refractivity contribution in [3.63, 3.8) is 0 Å². The summed E-state index contributed by atoms with van der Waals surface area (Å²) in [6, 6.07) is 20.0. The van der Waals surface area contributed by atoms with E-state index in [1.54, 1.807) is 42.1 Å². The highest BCUT2D eigenvalue weighted by Crippen LogP contribution is 2.22. The first-order valence-electron chi connectivity index (χ1n) is 9.22. The summed E-state index contributed by atoms with van der Waals surface area (Å²) in [7, 11) is -3.95. The fourth-order valence-electron chi connectivity index (χ4n) is 2.84. The van der Waals surface area contributed by atoms with Crippen molar-refractivity contribution in [2.24, 2.45) is 0 Å². The molecule has 0 aliphatic rings. The number of thioether (sulfide) groups is 1. The molecule has 0 aliphatic heterocycles. The minimum Gasteiger partial charge on any atom is -0.325 e. The summed E-state index contributed by atoms with van der Waals surface area (Å²) in [6.45, 7) is -0.336. The number of amides is 1. The molecule has 0 spiro atoms. The third kappa shape index (κ3) is 6.48. The van der Waals surface area contributed by atoms with E-state index in [0.717, 1.165) is 9.20 Å². The van der Waals surface area contributed by atoms with Crippen LogP contribution in [0, 0.1) is 0 Å². The second kappa shape index (κ2) is 10.5. The topological polar surface area (TPSA) is 66.5 Å². The Hall–Kier alpha value is -2.03. The van der Waals surface area contributed by atoms with E-state index in [2.05, 4.69) is 5.32 Å². The smallest absolute Gasteiger partial charge is 0.243 e. The highest BCUT2D eigenvalue weighted by Gasteiger charge is 2.27. The van der Waals surface area contributed by atoms with Crippen LogP contribution in [0.3, 0.4) is 0 Å². The van der Waals surface area contributed by atoms with Crippen LogP contribution in [0.1, 0.15) is 5.56 Å². The van der Waals surface area contributed by atoms with Gasteiger partial charge in [-0.3, -0.25) is 4.79 Å². The van der Waals surface area contributed by atoms with Gasteiger partial charge in [0.15, 0.2) is 0 Å². The van der Waals surface area contributed by atoms with Gasteiger partial charge >= 0.3 is 0 Å². The Morgan fingerprint density at radius 2 is 1.58 bits per heavy atom. The van der Waals surface area contributed by atoms with E-state index in [-0.39, 0.29) is 18.0 Å². The molecule has 0 bridgehead atoms. The third-order valence-electron chi connectivity index (χ3n) is 4.40. The SMILES string of the molecule is CSc1cccc(NC(=O)CN(Cc2ccc(Cl)cc2)S(=O)(=O)c2ccc(Cl)cc2)c1. The first kappa shape index (κ1) is 23.6. The van der Waals surface area contributed by atoms with Crippen LogP contribution in [-0.4, -0.2) is 31.4 Å². The number of nitrogens with one attached hydrogen (secondary N) is 1. The molecule has 0 unspecified atom stereocenters. The molecule has 0 aromatic heterocycles. The fourth-order valence-corrected chi connectivity index (χ4v) is 4.93. The molecule has 0 saturated heterocycles. The van der Waals surface area contributed by atoms with Gasteiger partial charge in [-0.1, -0.05) is 41.4 Å². The Morgan fingerprint density at radius 1 is 0.968 bits per heavy atom. The van der Waals surface area contributed by atoms with Crippen LogP contribution in [0.15, 0.2) is 82.6 Å². The molecule has 3 aromatic carbocycles. The summed E-state index contributed by atoms with van der Waals surface area (Å²) >= 11 is 13.4. The Morgan fingerprint density at radius 3 is 2.19 bits per heavy atom. The molecule has 9 heteroatoms. The van der Waals surface area contributed by atoms with E-state index in [4.69, 9.17) is 23.2 Å². The van der Waals surface area contributed by atoms with Crippen molar-refractivity contribution in [2.45, 2.75) is 16.3 Å². The number of rotatable bonds is 8. The standard InChI is InChI=1S/C22H20Cl2N2O3S2/c1-30-20-4-2-3-19(13-20)25-22(27)15-26(14-16-5-7-17(23)8-6-16)31(28,29)21-11-9-18(24)10-12-21/h2-13H,14-15H2,1H3,(H,25,27). The summed E-state index contributed by atoms with van der Waals surface area (Å²) in [5, 5.41) is 3.74. The molecule has 5 nitrogen and oxygen atoms in total. The van der Waals surface area contributed by atoms with Gasteiger partial charge in [0.1, 0.15) is 0 Å². The second-order valence-corrected chi connectivity index (χ2v) is 10.3. The number of carbonyl (C=O) groups excluding carboxylic acids is 1. The van der Waals surface area contributed by atoms with Gasteiger partial charge in [0, 0.05) is 27.2 Å². The Labute approximate surface area is 196 Å². The third-order valence-corrected chi connectivity index (χ3v) is 7.43. The van der Waals surface area contributed by atoms with E-state index < -0.39 is 15.9 Å². The zero-order chi connectivity index (χ0) is 22.4. The minimum atomic E-state index is -3.95. The van der Waals surface area contributed by atoms with Crippen LogP contribution in [0.5, 0.6) is 0 Å². The molecule has 0 radical (unpaired) electrons. The van der Waals surface area contributed by atoms with Crippen molar-refractivity contribution in [3.05, 3.63) is 88.4 Å². The molecule has 0 heterocycles. The Balaban J connectivity index is 1.86. The number of hydrogen-bond acceptors (Lipinski definition) is 4. The quantitative estimate of drug-likeness (QED) is 0.417. The highest BCUT2D eigenvalue weighted by atomic mass is 35.5. The molecular formula is C22H20Cl2N2O3S2. The second-order valence-electron chi connectivity index (χ2n) is 6.63. The van der Waals surface area contributed by atoms with Crippen LogP contribution in [-0.2, 0) is 21.4 Å². The van der Waals surface area contributed by atoms with Gasteiger partial charge in [-0.05, 0) is 66.4 Å². The molecule has 162 valence electrons. The summed E-state index contributed by atoms with van der Waals surface area (Å²) in [5.41, 5.74) is 1.31. The molecular weight excluding hydrogens is 475 g/mol. The highest BCUT2D eigenvalue weighted by molar-refractivity contribution is 7.98. The molecule has 1 N–H and O–H groups in total. The van der Waals surface area contributed by atoms with Crippen LogP contribution in [0.2, 0.25) is 10.0 Å². The first-order valence-corrected chi connectivity index (χ1v) is 12.6. The number of carbonyl (C=O) groups is 1. The van der Waals surface area contributed by atoms with Crippen molar-refractivity contribution in [1.82, 2.24) is 4.31 Å². The van der Waals surface area contributed by atoms with Gasteiger partial charge in [-0.25, -0.2) is 8.42 Å². The van der Waals surface area contributed by atoms with Gasteiger partial charge in [-0.15, -0.1) is 11.8 Å². The average molecular weight is 495 g/mol. The summed E-state index contributed by atoms with van der Waals surface area (Å²) in [4.78, 5) is 13.8. The molecule has 0 fully saturated rings. The predicted molar refractivity (Wildman–Crippen MR) is 127 cm³/mol. The Bertz CT molecular complexity index is 1150. The van der Waals surface area contributed by atoms with Crippen molar-refractivity contribution in [3.8, 4) is 0 Å². The number of halogens is 2. The number of anilines is 1. The van der Waals surface area contributed by atoms with Gasteiger partial charge < -0.3 is 5.32 Å². The maximum Gasteiger partial charge on any atom is 0.243 e. The van der Waals surface area contributed by atoms with Crippen molar-refractivity contribution in [1.29, 1.82) is 0 Å². The zero-order valence-electron chi connectivity index (χ0n) is 16.6. The number of hydrogen-bond donors (Lipinski definition) is 1. The van der Waals surface area contributed by atoms with E-state index >= 15 is 0 Å². The van der Waals surface area contributed by atoms with Gasteiger partial charge in [0.25, 0.3) is 0 Å². The summed E-state index contributed by atoms with van der Waals surface area (Å²) < 4.78 is 27.7. The van der Waals surface area contributed by atoms with Gasteiger partial charge in [0.05, 0.1) is 11.4 Å². The summed E-state index contributed by atoms with van der Waals surface area (Å²) in [5.74, 6) is -0.440. The van der Waals surface area contributed by atoms with Crippen molar-refractivity contribution < 1.29 is 13.2 Å². The lowest BCUT2D eigenvalue weighted by atomic mass is 10.2. The predicted octanol–water partition coefficient (Wildman–Crippen LogP) is 5.54. The van der Waals surface area contributed by atoms with Crippen LogP contribution >= 0.6 is 35.0 Å². The molecule has 0 aliphatic carbocycles. The van der Waals surface area contributed by atoms with Gasteiger partial charge in [-0.2, -0.15) is 4.31 Å². The van der Waals surface area contributed by atoms with E-state index in [0.29, 0.717) is 21.3 Å². The lowest BCUT2D eigenvalue weighted by Gasteiger charge is -2.22. The Kier molecular flexibility index (Phi) is 8.02.